The molecular weight excluding hydrogens is 440 g/mol. The highest BCUT2D eigenvalue weighted by Crippen LogP contribution is 2.36. The summed E-state index contributed by atoms with van der Waals surface area (Å²) in [6.45, 7) is 1.86. The summed E-state index contributed by atoms with van der Waals surface area (Å²) in [5.41, 5.74) is 2.44. The van der Waals surface area contributed by atoms with Crippen molar-refractivity contribution in [3.8, 4) is 0 Å². The Hall–Kier alpha value is -3.38. The fourth-order valence-corrected chi connectivity index (χ4v) is 4.77. The Bertz CT molecular complexity index is 1230. The van der Waals surface area contributed by atoms with Crippen molar-refractivity contribution >= 4 is 45.8 Å². The number of amides is 2. The number of carbonyl (C=O) groups excluding carboxylic acids is 3. The molecule has 1 saturated heterocycles. The average molecular weight is 463 g/mol. The van der Waals surface area contributed by atoms with Gasteiger partial charge in [-0.15, -0.1) is 0 Å². The molecule has 3 aromatic carbocycles. The molecule has 0 aromatic heterocycles. The summed E-state index contributed by atoms with van der Waals surface area (Å²) in [5.74, 6) is -1.26. The van der Waals surface area contributed by atoms with Gasteiger partial charge in [-0.3, -0.25) is 14.5 Å². The van der Waals surface area contributed by atoms with Crippen LogP contribution in [0.4, 0.5) is 5.69 Å². The van der Waals surface area contributed by atoms with Gasteiger partial charge in [0.15, 0.2) is 0 Å². The molecule has 0 saturated carbocycles. The lowest BCUT2D eigenvalue weighted by Crippen LogP contribution is -2.42. The third-order valence-corrected chi connectivity index (χ3v) is 6.55. The molecule has 2 aliphatic heterocycles. The predicted molar refractivity (Wildman–Crippen MR) is 127 cm³/mol. The number of halogens is 1. The molecular formula is C26H23ClN2O4. The maximum atomic E-state index is 13.2. The first kappa shape index (κ1) is 21.5. The number of anilines is 1. The first-order chi connectivity index (χ1) is 16.0. The van der Waals surface area contributed by atoms with Gasteiger partial charge in [-0.25, -0.2) is 4.79 Å². The van der Waals surface area contributed by atoms with Gasteiger partial charge in [0.05, 0.1) is 12.1 Å². The minimum atomic E-state index is -0.530. The third kappa shape index (κ3) is 3.95. The molecule has 0 spiro atoms. The quantitative estimate of drug-likeness (QED) is 0.397. The molecule has 2 aliphatic rings. The maximum Gasteiger partial charge on any atom is 0.338 e. The van der Waals surface area contributed by atoms with E-state index in [0.29, 0.717) is 27.1 Å². The number of imide groups is 1. The Labute approximate surface area is 196 Å². The van der Waals surface area contributed by atoms with Gasteiger partial charge in [0.2, 0.25) is 0 Å². The number of hydrogen-bond acceptors (Lipinski definition) is 5. The highest BCUT2D eigenvalue weighted by Gasteiger charge is 2.33. The van der Waals surface area contributed by atoms with Crippen LogP contribution < -0.4 is 4.90 Å². The van der Waals surface area contributed by atoms with E-state index < -0.39 is 5.97 Å². The van der Waals surface area contributed by atoms with Crippen LogP contribution in [0.1, 0.15) is 50.3 Å². The van der Waals surface area contributed by atoms with E-state index in [1.807, 2.05) is 24.3 Å². The maximum absolute atomic E-state index is 13.2. The molecule has 0 radical (unpaired) electrons. The highest BCUT2D eigenvalue weighted by atomic mass is 35.5. The Kier molecular flexibility index (Phi) is 5.77. The zero-order valence-electron chi connectivity index (χ0n) is 18.1. The molecule has 6 nitrogen and oxygen atoms in total. The predicted octanol–water partition coefficient (Wildman–Crippen LogP) is 4.94. The van der Waals surface area contributed by atoms with E-state index >= 15 is 0 Å². The van der Waals surface area contributed by atoms with Crippen LogP contribution in [0.25, 0.3) is 10.8 Å². The zero-order chi connectivity index (χ0) is 22.9. The van der Waals surface area contributed by atoms with E-state index in [0.717, 1.165) is 41.9 Å². The third-order valence-electron chi connectivity index (χ3n) is 6.29. The van der Waals surface area contributed by atoms with E-state index in [2.05, 4.69) is 4.90 Å². The summed E-state index contributed by atoms with van der Waals surface area (Å²) in [7, 11) is 0. The van der Waals surface area contributed by atoms with Gasteiger partial charge in [0.1, 0.15) is 6.61 Å². The molecule has 0 N–H and O–H groups in total. The van der Waals surface area contributed by atoms with Crippen molar-refractivity contribution < 1.29 is 19.1 Å². The number of benzene rings is 3. The van der Waals surface area contributed by atoms with Crippen LogP contribution >= 0.6 is 11.6 Å². The monoisotopic (exact) mass is 462 g/mol. The molecule has 0 aliphatic carbocycles. The summed E-state index contributed by atoms with van der Waals surface area (Å²) in [5, 5.41) is 2.17. The van der Waals surface area contributed by atoms with Gasteiger partial charge >= 0.3 is 5.97 Å². The van der Waals surface area contributed by atoms with Crippen LogP contribution in [0.15, 0.2) is 54.6 Å². The SMILES string of the molecule is O=C(OCCN1C(=O)c2cccc3c(N4CCCCC4)ccc(c23)C1=O)c1ccc(Cl)cc1. The van der Waals surface area contributed by atoms with E-state index in [4.69, 9.17) is 16.3 Å². The normalized spacial score (nSPS) is 15.8. The molecule has 1 fully saturated rings. The second-order valence-corrected chi connectivity index (χ2v) is 8.75. The summed E-state index contributed by atoms with van der Waals surface area (Å²) >= 11 is 5.85. The van der Waals surface area contributed by atoms with Crippen LogP contribution in [0.3, 0.4) is 0 Å². The number of carbonyl (C=O) groups is 3. The van der Waals surface area contributed by atoms with Crippen molar-refractivity contribution in [2.24, 2.45) is 0 Å². The van der Waals surface area contributed by atoms with Gasteiger partial charge < -0.3 is 9.64 Å². The van der Waals surface area contributed by atoms with Crippen molar-refractivity contribution in [3.63, 3.8) is 0 Å². The number of hydrogen-bond donors (Lipinski definition) is 0. The van der Waals surface area contributed by atoms with Gasteiger partial charge in [0, 0.05) is 45.7 Å². The largest absolute Gasteiger partial charge is 0.460 e. The molecule has 33 heavy (non-hydrogen) atoms. The summed E-state index contributed by atoms with van der Waals surface area (Å²) in [4.78, 5) is 42.2. The van der Waals surface area contributed by atoms with Crippen molar-refractivity contribution in [3.05, 3.63) is 76.3 Å². The van der Waals surface area contributed by atoms with Crippen molar-refractivity contribution in [2.45, 2.75) is 19.3 Å². The molecule has 0 unspecified atom stereocenters. The van der Waals surface area contributed by atoms with Crippen molar-refractivity contribution in [1.82, 2.24) is 4.90 Å². The second-order valence-electron chi connectivity index (χ2n) is 8.31. The van der Waals surface area contributed by atoms with Gasteiger partial charge in [-0.1, -0.05) is 23.7 Å². The minimum absolute atomic E-state index is 0.0132. The summed E-state index contributed by atoms with van der Waals surface area (Å²) in [6, 6.07) is 15.7. The average Bonchev–Trinajstić information content (AvgIpc) is 2.85. The minimum Gasteiger partial charge on any atom is -0.460 e. The molecule has 3 aromatic rings. The summed E-state index contributed by atoms with van der Waals surface area (Å²) in [6.07, 6.45) is 3.51. The van der Waals surface area contributed by atoms with E-state index in [1.54, 1.807) is 30.3 Å². The van der Waals surface area contributed by atoms with Gasteiger partial charge in [-0.05, 0) is 61.7 Å². The standard InChI is InChI=1S/C26H23ClN2O4/c27-18-9-7-17(8-10-18)26(32)33-16-15-29-24(30)20-6-4-5-19-22(28-13-2-1-3-14-28)12-11-21(23(19)20)25(29)31/h4-12H,1-3,13-16H2. The Morgan fingerprint density at radius 2 is 1.58 bits per heavy atom. The number of rotatable bonds is 5. The Morgan fingerprint density at radius 3 is 2.30 bits per heavy atom. The Morgan fingerprint density at radius 1 is 0.879 bits per heavy atom. The molecule has 7 heteroatoms. The lowest BCUT2D eigenvalue weighted by atomic mass is 9.92. The number of piperidine rings is 1. The Balaban J connectivity index is 1.37. The first-order valence-electron chi connectivity index (χ1n) is 11.1. The zero-order valence-corrected chi connectivity index (χ0v) is 18.8. The lowest BCUT2D eigenvalue weighted by molar-refractivity contribution is 0.0405. The van der Waals surface area contributed by atoms with Crippen molar-refractivity contribution in [1.29, 1.82) is 0 Å². The number of ether oxygens (including phenoxy) is 1. The molecule has 5 rings (SSSR count). The number of esters is 1. The molecule has 168 valence electrons. The van der Waals surface area contributed by atoms with Crippen molar-refractivity contribution in [2.75, 3.05) is 31.1 Å². The topological polar surface area (TPSA) is 66.9 Å². The van der Waals surface area contributed by atoms with E-state index in [1.165, 1.54) is 6.42 Å². The van der Waals surface area contributed by atoms with E-state index in [-0.39, 0.29) is 25.0 Å². The van der Waals surface area contributed by atoms with Crippen LogP contribution in [0.5, 0.6) is 0 Å². The second kappa shape index (κ2) is 8.87. The van der Waals surface area contributed by atoms with Crippen LogP contribution in [0.2, 0.25) is 5.02 Å². The van der Waals surface area contributed by atoms with Crippen LogP contribution in [0, 0.1) is 0 Å². The van der Waals surface area contributed by atoms with Gasteiger partial charge in [0.25, 0.3) is 11.8 Å². The fourth-order valence-electron chi connectivity index (χ4n) is 4.64. The first-order valence-corrected chi connectivity index (χ1v) is 11.5. The van der Waals surface area contributed by atoms with Crippen LogP contribution in [-0.2, 0) is 4.74 Å². The fraction of sp³-hybridized carbons (Fsp3) is 0.269. The van der Waals surface area contributed by atoms with E-state index in [9.17, 15) is 14.4 Å². The highest BCUT2D eigenvalue weighted by molar-refractivity contribution is 6.30. The number of nitrogens with zero attached hydrogens (tertiary/aromatic N) is 2. The van der Waals surface area contributed by atoms with Gasteiger partial charge in [-0.2, -0.15) is 0 Å². The molecule has 2 heterocycles. The summed E-state index contributed by atoms with van der Waals surface area (Å²) < 4.78 is 5.29. The lowest BCUT2D eigenvalue weighted by Gasteiger charge is -2.32. The molecule has 2 amide bonds. The molecule has 0 atom stereocenters. The smallest absolute Gasteiger partial charge is 0.338 e. The molecule has 0 bridgehead atoms. The van der Waals surface area contributed by atoms with Crippen LogP contribution in [-0.4, -0.2) is 48.9 Å².